The SMILES string of the molecule is C=C(C)[C@H]1C/C=C(\C)CC/C=C(/C)CC/C=C(/C)CC1. The molecular weight excluding hydrogens is 240 g/mol. The fraction of sp³-hybridized carbons (Fsp3) is 0.600. The summed E-state index contributed by atoms with van der Waals surface area (Å²) >= 11 is 0. The maximum absolute atomic E-state index is 4.18. The third-order valence-electron chi connectivity index (χ3n) is 4.40. The van der Waals surface area contributed by atoms with Crippen molar-refractivity contribution in [3.63, 3.8) is 0 Å². The standard InChI is InChI=1S/C20H32/c1-16(2)20-14-12-18(4)10-6-8-17(3)9-7-11-19(5)13-15-20/h8,11-12,20H,1,6-7,9-10,13-15H2,2-5H3/b17-8-,18-12+,19-11-/t20-/m0/s1. The van der Waals surface area contributed by atoms with Crippen LogP contribution in [-0.4, -0.2) is 0 Å². The summed E-state index contributed by atoms with van der Waals surface area (Å²) in [7, 11) is 0. The average molecular weight is 272 g/mol. The van der Waals surface area contributed by atoms with Gasteiger partial charge in [0.25, 0.3) is 0 Å². The van der Waals surface area contributed by atoms with Gasteiger partial charge in [-0.05, 0) is 78.6 Å². The third kappa shape index (κ3) is 6.93. The average Bonchev–Trinajstić information content (AvgIpc) is 2.37. The topological polar surface area (TPSA) is 0 Å². The van der Waals surface area contributed by atoms with E-state index in [2.05, 4.69) is 52.5 Å². The Kier molecular flexibility index (Phi) is 7.65. The molecule has 0 heterocycles. The van der Waals surface area contributed by atoms with E-state index in [4.69, 9.17) is 0 Å². The minimum absolute atomic E-state index is 0.647. The minimum Gasteiger partial charge on any atom is -0.0998 e. The smallest absolute Gasteiger partial charge is 0.0171 e. The van der Waals surface area contributed by atoms with Gasteiger partial charge in [0.05, 0.1) is 0 Å². The Balaban J connectivity index is 2.77. The first-order valence-electron chi connectivity index (χ1n) is 8.11. The molecule has 0 aromatic carbocycles. The van der Waals surface area contributed by atoms with Gasteiger partial charge < -0.3 is 0 Å². The molecule has 1 rings (SSSR count). The Morgan fingerprint density at radius 3 is 1.95 bits per heavy atom. The van der Waals surface area contributed by atoms with Gasteiger partial charge in [0, 0.05) is 0 Å². The molecule has 0 aromatic rings. The predicted octanol–water partition coefficient (Wildman–Crippen LogP) is 6.76. The van der Waals surface area contributed by atoms with Crippen molar-refractivity contribution in [2.45, 2.75) is 72.6 Å². The zero-order valence-electron chi connectivity index (χ0n) is 14.0. The zero-order valence-corrected chi connectivity index (χ0v) is 14.0. The van der Waals surface area contributed by atoms with E-state index in [1.54, 1.807) is 11.1 Å². The minimum atomic E-state index is 0.647. The van der Waals surface area contributed by atoms with Crippen LogP contribution in [0.4, 0.5) is 0 Å². The van der Waals surface area contributed by atoms with Crippen molar-refractivity contribution in [1.29, 1.82) is 0 Å². The van der Waals surface area contributed by atoms with Crippen molar-refractivity contribution in [1.82, 2.24) is 0 Å². The molecule has 0 spiro atoms. The van der Waals surface area contributed by atoms with E-state index in [1.165, 1.54) is 49.7 Å². The molecule has 0 radical (unpaired) electrons. The van der Waals surface area contributed by atoms with Gasteiger partial charge in [0.1, 0.15) is 0 Å². The van der Waals surface area contributed by atoms with Crippen molar-refractivity contribution in [2.75, 3.05) is 0 Å². The molecule has 1 aliphatic carbocycles. The summed E-state index contributed by atoms with van der Waals surface area (Å²) in [4.78, 5) is 0. The van der Waals surface area contributed by atoms with E-state index in [0.29, 0.717) is 5.92 Å². The molecular formula is C20H32. The number of hydrogen-bond acceptors (Lipinski definition) is 0. The molecule has 0 saturated heterocycles. The first kappa shape index (κ1) is 17.0. The summed E-state index contributed by atoms with van der Waals surface area (Å²) in [6.45, 7) is 13.2. The largest absolute Gasteiger partial charge is 0.0998 e. The van der Waals surface area contributed by atoms with Crippen LogP contribution in [0.15, 0.2) is 47.1 Å². The summed E-state index contributed by atoms with van der Waals surface area (Å²) in [6, 6.07) is 0. The van der Waals surface area contributed by atoms with Crippen LogP contribution < -0.4 is 0 Å². The Bertz CT molecular complexity index is 404. The van der Waals surface area contributed by atoms with E-state index < -0.39 is 0 Å². The highest BCUT2D eigenvalue weighted by atomic mass is 14.1. The summed E-state index contributed by atoms with van der Waals surface area (Å²) in [5.41, 5.74) is 5.95. The van der Waals surface area contributed by atoms with E-state index in [-0.39, 0.29) is 0 Å². The molecule has 112 valence electrons. The molecule has 0 saturated carbocycles. The molecule has 0 aliphatic heterocycles. The molecule has 0 aromatic heterocycles. The monoisotopic (exact) mass is 272 g/mol. The van der Waals surface area contributed by atoms with Crippen LogP contribution in [0.1, 0.15) is 72.6 Å². The lowest BCUT2D eigenvalue weighted by Crippen LogP contribution is -2.01. The van der Waals surface area contributed by atoms with Gasteiger partial charge in [-0.2, -0.15) is 0 Å². The van der Waals surface area contributed by atoms with Crippen LogP contribution in [0.3, 0.4) is 0 Å². The predicted molar refractivity (Wildman–Crippen MR) is 91.9 cm³/mol. The number of hydrogen-bond donors (Lipinski definition) is 0. The lowest BCUT2D eigenvalue weighted by atomic mass is 9.89. The molecule has 1 atom stereocenters. The first-order chi connectivity index (χ1) is 9.49. The third-order valence-corrected chi connectivity index (χ3v) is 4.40. The van der Waals surface area contributed by atoms with Crippen LogP contribution >= 0.6 is 0 Å². The number of rotatable bonds is 1. The fourth-order valence-corrected chi connectivity index (χ4v) is 2.71. The second kappa shape index (κ2) is 9.00. The quantitative estimate of drug-likeness (QED) is 0.462. The van der Waals surface area contributed by atoms with Crippen molar-refractivity contribution in [3.8, 4) is 0 Å². The molecule has 0 N–H and O–H groups in total. The lowest BCUT2D eigenvalue weighted by Gasteiger charge is -2.16. The van der Waals surface area contributed by atoms with Crippen LogP contribution in [0, 0.1) is 5.92 Å². The Morgan fingerprint density at radius 1 is 0.900 bits per heavy atom. The van der Waals surface area contributed by atoms with Crippen LogP contribution in [0.2, 0.25) is 0 Å². The summed E-state index contributed by atoms with van der Waals surface area (Å²) in [5, 5.41) is 0. The zero-order chi connectivity index (χ0) is 15.0. The Hall–Kier alpha value is -1.04. The van der Waals surface area contributed by atoms with Crippen molar-refractivity contribution in [2.24, 2.45) is 5.92 Å². The van der Waals surface area contributed by atoms with Crippen LogP contribution in [0.5, 0.6) is 0 Å². The molecule has 0 amide bonds. The maximum Gasteiger partial charge on any atom is -0.0171 e. The summed E-state index contributed by atoms with van der Waals surface area (Å²) in [6.07, 6.45) is 15.7. The van der Waals surface area contributed by atoms with Gasteiger partial charge in [-0.1, -0.05) is 47.1 Å². The molecule has 20 heavy (non-hydrogen) atoms. The highest BCUT2D eigenvalue weighted by Crippen LogP contribution is 2.24. The normalized spacial score (nSPS) is 31.0. The first-order valence-corrected chi connectivity index (χ1v) is 8.11. The second-order valence-electron chi connectivity index (χ2n) is 6.55. The second-order valence-corrected chi connectivity index (χ2v) is 6.55. The van der Waals surface area contributed by atoms with Crippen molar-refractivity contribution < 1.29 is 0 Å². The van der Waals surface area contributed by atoms with Gasteiger partial charge in [0.15, 0.2) is 0 Å². The van der Waals surface area contributed by atoms with Gasteiger partial charge in [-0.15, -0.1) is 0 Å². The Morgan fingerprint density at radius 2 is 1.40 bits per heavy atom. The van der Waals surface area contributed by atoms with E-state index in [1.807, 2.05) is 0 Å². The summed E-state index contributed by atoms with van der Waals surface area (Å²) < 4.78 is 0. The van der Waals surface area contributed by atoms with E-state index >= 15 is 0 Å². The van der Waals surface area contributed by atoms with Crippen molar-refractivity contribution in [3.05, 3.63) is 47.1 Å². The number of allylic oxidation sites excluding steroid dienone is 7. The van der Waals surface area contributed by atoms with Crippen molar-refractivity contribution >= 4 is 0 Å². The molecule has 0 fully saturated rings. The highest BCUT2D eigenvalue weighted by Gasteiger charge is 2.08. The van der Waals surface area contributed by atoms with Gasteiger partial charge >= 0.3 is 0 Å². The molecule has 0 unspecified atom stereocenters. The van der Waals surface area contributed by atoms with Gasteiger partial charge in [-0.3, -0.25) is 0 Å². The maximum atomic E-state index is 4.18. The molecule has 0 bridgehead atoms. The highest BCUT2D eigenvalue weighted by molar-refractivity contribution is 5.09. The Labute approximate surface area is 126 Å². The van der Waals surface area contributed by atoms with E-state index in [9.17, 15) is 0 Å². The summed E-state index contributed by atoms with van der Waals surface area (Å²) in [5.74, 6) is 0.647. The fourth-order valence-electron chi connectivity index (χ4n) is 2.71. The molecule has 1 aliphatic rings. The molecule has 0 nitrogen and oxygen atoms in total. The van der Waals surface area contributed by atoms with Crippen LogP contribution in [0.25, 0.3) is 0 Å². The molecule has 0 heteroatoms. The van der Waals surface area contributed by atoms with Gasteiger partial charge in [-0.25, -0.2) is 0 Å². The van der Waals surface area contributed by atoms with Gasteiger partial charge in [0.2, 0.25) is 0 Å². The lowest BCUT2D eigenvalue weighted by molar-refractivity contribution is 0.564. The van der Waals surface area contributed by atoms with Crippen LogP contribution in [-0.2, 0) is 0 Å². The van der Waals surface area contributed by atoms with E-state index in [0.717, 1.165) is 6.42 Å².